The Morgan fingerprint density at radius 3 is 2.70 bits per heavy atom. The molecule has 5 nitrogen and oxygen atoms in total. The summed E-state index contributed by atoms with van der Waals surface area (Å²) in [5, 5.41) is 9.03. The molecule has 0 amide bonds. The Kier molecular flexibility index (Phi) is 5.22. The van der Waals surface area contributed by atoms with Crippen LogP contribution in [-0.2, 0) is 0 Å². The molecule has 0 fully saturated rings. The molecule has 108 valence electrons. The Labute approximate surface area is 126 Å². The summed E-state index contributed by atoms with van der Waals surface area (Å²) in [7, 11) is 3.27. The van der Waals surface area contributed by atoms with Gasteiger partial charge in [0.05, 0.1) is 14.2 Å². The van der Waals surface area contributed by atoms with Crippen molar-refractivity contribution < 1.29 is 9.47 Å². The smallest absolute Gasteiger partial charge is 0.174 e. The molecule has 1 unspecified atom stereocenters. The SMILES string of the molecule is COc1ccc(OC)c(C(N)CSc2nnc(C)s2)c1. The van der Waals surface area contributed by atoms with E-state index in [1.54, 1.807) is 37.3 Å². The van der Waals surface area contributed by atoms with Gasteiger partial charge in [0.25, 0.3) is 0 Å². The molecule has 2 N–H and O–H groups in total. The number of ether oxygens (including phenoxy) is 2. The van der Waals surface area contributed by atoms with Gasteiger partial charge >= 0.3 is 0 Å². The highest BCUT2D eigenvalue weighted by atomic mass is 32.2. The van der Waals surface area contributed by atoms with Gasteiger partial charge in [-0.3, -0.25) is 0 Å². The van der Waals surface area contributed by atoms with E-state index in [1.807, 2.05) is 25.1 Å². The molecule has 2 rings (SSSR count). The standard InChI is InChI=1S/C13H17N3O2S2/c1-8-15-16-13(20-8)19-7-11(14)10-6-9(17-2)4-5-12(10)18-3/h4-6,11H,7,14H2,1-3H3. The summed E-state index contributed by atoms with van der Waals surface area (Å²) in [6, 6.07) is 5.48. The summed E-state index contributed by atoms with van der Waals surface area (Å²) in [5.74, 6) is 2.25. The Morgan fingerprint density at radius 2 is 2.10 bits per heavy atom. The van der Waals surface area contributed by atoms with Crippen LogP contribution in [0.25, 0.3) is 0 Å². The van der Waals surface area contributed by atoms with Gasteiger partial charge in [0.1, 0.15) is 16.5 Å². The summed E-state index contributed by atoms with van der Waals surface area (Å²) >= 11 is 3.17. The maximum atomic E-state index is 6.25. The number of rotatable bonds is 6. The third kappa shape index (κ3) is 3.62. The third-order valence-electron chi connectivity index (χ3n) is 2.73. The van der Waals surface area contributed by atoms with Gasteiger partial charge in [-0.2, -0.15) is 0 Å². The lowest BCUT2D eigenvalue weighted by molar-refractivity contribution is 0.396. The second-order valence-corrected chi connectivity index (χ2v) is 6.56. The van der Waals surface area contributed by atoms with Crippen LogP contribution >= 0.6 is 23.1 Å². The fourth-order valence-electron chi connectivity index (χ4n) is 1.72. The zero-order valence-corrected chi connectivity index (χ0v) is 13.3. The first kappa shape index (κ1) is 15.1. The lowest BCUT2D eigenvalue weighted by Gasteiger charge is -2.16. The lowest BCUT2D eigenvalue weighted by Crippen LogP contribution is -2.14. The molecular formula is C13H17N3O2S2. The summed E-state index contributed by atoms with van der Waals surface area (Å²) in [6.45, 7) is 1.94. The number of methoxy groups -OCH3 is 2. The van der Waals surface area contributed by atoms with E-state index in [2.05, 4.69) is 10.2 Å². The van der Waals surface area contributed by atoms with Crippen molar-refractivity contribution in [3.8, 4) is 11.5 Å². The Morgan fingerprint density at radius 1 is 1.30 bits per heavy atom. The molecule has 0 radical (unpaired) electrons. The average Bonchev–Trinajstić information content (AvgIpc) is 2.89. The van der Waals surface area contributed by atoms with Crippen molar-refractivity contribution in [2.45, 2.75) is 17.3 Å². The molecule has 7 heteroatoms. The monoisotopic (exact) mass is 311 g/mol. The molecule has 0 bridgehead atoms. The first-order valence-electron chi connectivity index (χ1n) is 6.04. The molecule has 0 aliphatic carbocycles. The van der Waals surface area contributed by atoms with Gasteiger partial charge < -0.3 is 15.2 Å². The first-order chi connectivity index (χ1) is 9.63. The zero-order chi connectivity index (χ0) is 14.5. The molecular weight excluding hydrogens is 294 g/mol. The molecule has 1 atom stereocenters. The molecule has 0 spiro atoms. The molecule has 1 aromatic carbocycles. The minimum absolute atomic E-state index is 0.158. The number of benzene rings is 1. The third-order valence-corrected chi connectivity index (χ3v) is 4.82. The van der Waals surface area contributed by atoms with Crippen molar-refractivity contribution in [3.63, 3.8) is 0 Å². The van der Waals surface area contributed by atoms with E-state index in [0.717, 1.165) is 26.4 Å². The van der Waals surface area contributed by atoms with Gasteiger partial charge in [-0.1, -0.05) is 23.1 Å². The Hall–Kier alpha value is -1.31. The highest BCUT2D eigenvalue weighted by molar-refractivity contribution is 8.01. The molecule has 20 heavy (non-hydrogen) atoms. The van der Waals surface area contributed by atoms with Crippen molar-refractivity contribution in [2.24, 2.45) is 5.73 Å². The van der Waals surface area contributed by atoms with E-state index in [9.17, 15) is 0 Å². The van der Waals surface area contributed by atoms with Crippen LogP contribution in [0.5, 0.6) is 11.5 Å². The van der Waals surface area contributed by atoms with Gasteiger partial charge in [-0.05, 0) is 25.1 Å². The van der Waals surface area contributed by atoms with E-state index in [0.29, 0.717) is 5.75 Å². The molecule has 1 heterocycles. The fourth-order valence-corrected chi connectivity index (χ4v) is 3.53. The predicted molar refractivity (Wildman–Crippen MR) is 81.8 cm³/mol. The van der Waals surface area contributed by atoms with Crippen LogP contribution in [0.1, 0.15) is 16.6 Å². The van der Waals surface area contributed by atoms with E-state index in [4.69, 9.17) is 15.2 Å². The number of hydrogen-bond donors (Lipinski definition) is 1. The number of aryl methyl sites for hydroxylation is 1. The normalized spacial score (nSPS) is 12.2. The van der Waals surface area contributed by atoms with Gasteiger partial charge in [0, 0.05) is 17.4 Å². The summed E-state index contributed by atoms with van der Waals surface area (Å²) in [5.41, 5.74) is 7.18. The number of nitrogens with two attached hydrogens (primary N) is 1. The zero-order valence-electron chi connectivity index (χ0n) is 11.6. The van der Waals surface area contributed by atoms with Crippen molar-refractivity contribution >= 4 is 23.1 Å². The van der Waals surface area contributed by atoms with Gasteiger partial charge in [-0.25, -0.2) is 0 Å². The number of hydrogen-bond acceptors (Lipinski definition) is 7. The topological polar surface area (TPSA) is 70.3 Å². The maximum absolute atomic E-state index is 6.25. The van der Waals surface area contributed by atoms with Crippen molar-refractivity contribution in [2.75, 3.05) is 20.0 Å². The number of thioether (sulfide) groups is 1. The van der Waals surface area contributed by atoms with Crippen LogP contribution in [0.2, 0.25) is 0 Å². The van der Waals surface area contributed by atoms with Crippen LogP contribution in [0.4, 0.5) is 0 Å². The Balaban J connectivity index is 2.09. The largest absolute Gasteiger partial charge is 0.497 e. The minimum Gasteiger partial charge on any atom is -0.497 e. The van der Waals surface area contributed by atoms with Crippen molar-refractivity contribution in [1.29, 1.82) is 0 Å². The maximum Gasteiger partial charge on any atom is 0.174 e. The summed E-state index contributed by atoms with van der Waals surface area (Å²) < 4.78 is 11.5. The van der Waals surface area contributed by atoms with E-state index in [-0.39, 0.29) is 6.04 Å². The van der Waals surface area contributed by atoms with Gasteiger partial charge in [-0.15, -0.1) is 10.2 Å². The number of nitrogens with zero attached hydrogens (tertiary/aromatic N) is 2. The molecule has 0 aliphatic heterocycles. The molecule has 0 saturated carbocycles. The lowest BCUT2D eigenvalue weighted by atomic mass is 10.1. The first-order valence-corrected chi connectivity index (χ1v) is 7.84. The minimum atomic E-state index is -0.158. The average molecular weight is 311 g/mol. The molecule has 1 aromatic heterocycles. The molecule has 2 aromatic rings. The highest BCUT2D eigenvalue weighted by Gasteiger charge is 2.14. The molecule has 0 aliphatic rings. The van der Waals surface area contributed by atoms with E-state index in [1.165, 1.54) is 0 Å². The van der Waals surface area contributed by atoms with Gasteiger partial charge in [0.2, 0.25) is 0 Å². The fraction of sp³-hybridized carbons (Fsp3) is 0.385. The predicted octanol–water partition coefficient (Wildman–Crippen LogP) is 2.66. The summed E-state index contributed by atoms with van der Waals surface area (Å²) in [4.78, 5) is 0. The highest BCUT2D eigenvalue weighted by Crippen LogP contribution is 2.32. The van der Waals surface area contributed by atoms with Crippen LogP contribution in [0.3, 0.4) is 0 Å². The summed E-state index contributed by atoms with van der Waals surface area (Å²) in [6.07, 6.45) is 0. The van der Waals surface area contributed by atoms with Crippen molar-refractivity contribution in [3.05, 3.63) is 28.8 Å². The van der Waals surface area contributed by atoms with Crippen LogP contribution in [-0.4, -0.2) is 30.2 Å². The van der Waals surface area contributed by atoms with Crippen molar-refractivity contribution in [1.82, 2.24) is 10.2 Å². The van der Waals surface area contributed by atoms with E-state index < -0.39 is 0 Å². The Bertz CT molecular complexity index is 574. The number of aromatic nitrogens is 2. The van der Waals surface area contributed by atoms with Crippen LogP contribution in [0, 0.1) is 6.92 Å². The van der Waals surface area contributed by atoms with Crippen LogP contribution < -0.4 is 15.2 Å². The molecule has 0 saturated heterocycles. The quantitative estimate of drug-likeness (QED) is 0.827. The second-order valence-electron chi connectivity index (χ2n) is 4.11. The van der Waals surface area contributed by atoms with Crippen LogP contribution in [0.15, 0.2) is 22.5 Å². The second kappa shape index (κ2) is 6.92. The van der Waals surface area contributed by atoms with Gasteiger partial charge in [0.15, 0.2) is 4.34 Å². The van der Waals surface area contributed by atoms with E-state index >= 15 is 0 Å².